The lowest BCUT2D eigenvalue weighted by Gasteiger charge is -2.34. The largest absolute Gasteiger partial charge is 0.353 e. The fraction of sp³-hybridized carbons (Fsp3) is 0.917. The maximum absolute atomic E-state index is 11.6. The van der Waals surface area contributed by atoms with Crippen LogP contribution >= 0.6 is 0 Å². The third-order valence-corrected chi connectivity index (χ3v) is 2.76. The molecule has 2 atom stereocenters. The summed E-state index contributed by atoms with van der Waals surface area (Å²) in [6.07, 6.45) is 1.29. The summed E-state index contributed by atoms with van der Waals surface area (Å²) < 4.78 is 0. The molecule has 0 aromatic rings. The van der Waals surface area contributed by atoms with Gasteiger partial charge in [-0.3, -0.25) is 9.69 Å². The van der Waals surface area contributed by atoms with Crippen LogP contribution in [0.2, 0.25) is 0 Å². The maximum atomic E-state index is 11.6. The second-order valence-corrected chi connectivity index (χ2v) is 5.36. The van der Waals surface area contributed by atoms with Gasteiger partial charge in [-0.25, -0.2) is 0 Å². The molecule has 0 aliphatic carbocycles. The van der Waals surface area contributed by atoms with Gasteiger partial charge in [-0.1, -0.05) is 13.8 Å². The molecule has 1 aliphatic rings. The minimum atomic E-state index is 0.159. The van der Waals surface area contributed by atoms with Crippen LogP contribution in [0, 0.1) is 11.8 Å². The topological polar surface area (TPSA) is 32.3 Å². The fourth-order valence-electron chi connectivity index (χ4n) is 2.49. The molecule has 88 valence electrons. The Labute approximate surface area is 93.2 Å². The lowest BCUT2D eigenvalue weighted by atomic mass is 9.92. The highest BCUT2D eigenvalue weighted by Gasteiger charge is 2.23. The van der Waals surface area contributed by atoms with Crippen LogP contribution in [-0.2, 0) is 4.79 Å². The van der Waals surface area contributed by atoms with E-state index in [1.807, 2.05) is 13.8 Å². The minimum absolute atomic E-state index is 0.159. The maximum Gasteiger partial charge on any atom is 0.234 e. The van der Waals surface area contributed by atoms with Crippen LogP contribution in [0.3, 0.4) is 0 Å². The molecule has 0 radical (unpaired) electrons. The number of piperidine rings is 1. The van der Waals surface area contributed by atoms with Crippen LogP contribution in [0.5, 0.6) is 0 Å². The summed E-state index contributed by atoms with van der Waals surface area (Å²) >= 11 is 0. The van der Waals surface area contributed by atoms with Gasteiger partial charge < -0.3 is 5.32 Å². The van der Waals surface area contributed by atoms with Gasteiger partial charge in [-0.05, 0) is 32.1 Å². The van der Waals surface area contributed by atoms with E-state index < -0.39 is 0 Å². The number of rotatable bonds is 3. The summed E-state index contributed by atoms with van der Waals surface area (Å²) in [5.74, 6) is 1.60. The number of likely N-dealkylation sites (tertiary alicyclic amines) is 1. The molecule has 1 amide bonds. The van der Waals surface area contributed by atoms with E-state index in [1.165, 1.54) is 6.42 Å². The molecule has 0 aromatic carbocycles. The van der Waals surface area contributed by atoms with Crippen molar-refractivity contribution in [2.24, 2.45) is 11.8 Å². The molecular weight excluding hydrogens is 188 g/mol. The second kappa shape index (κ2) is 5.50. The molecule has 1 saturated heterocycles. The van der Waals surface area contributed by atoms with Gasteiger partial charge in [0.2, 0.25) is 5.91 Å². The molecule has 0 spiro atoms. The highest BCUT2D eigenvalue weighted by atomic mass is 16.2. The summed E-state index contributed by atoms with van der Waals surface area (Å²) in [5.41, 5.74) is 0. The van der Waals surface area contributed by atoms with Gasteiger partial charge in [0.25, 0.3) is 0 Å². The van der Waals surface area contributed by atoms with Crippen molar-refractivity contribution in [3.63, 3.8) is 0 Å². The smallest absolute Gasteiger partial charge is 0.234 e. The van der Waals surface area contributed by atoms with Gasteiger partial charge in [-0.15, -0.1) is 0 Å². The Morgan fingerprint density at radius 1 is 1.33 bits per heavy atom. The van der Waals surface area contributed by atoms with E-state index in [0.29, 0.717) is 6.54 Å². The Morgan fingerprint density at radius 2 is 1.87 bits per heavy atom. The van der Waals surface area contributed by atoms with Crippen molar-refractivity contribution in [1.82, 2.24) is 10.2 Å². The van der Waals surface area contributed by atoms with Crippen LogP contribution in [0.1, 0.15) is 34.1 Å². The second-order valence-electron chi connectivity index (χ2n) is 5.36. The van der Waals surface area contributed by atoms with E-state index in [4.69, 9.17) is 0 Å². The number of amides is 1. The standard InChI is InChI=1S/C12H24N2O/c1-9(2)13-12(15)8-14-6-10(3)5-11(4)7-14/h9-11H,5-8H2,1-4H3,(H,13,15). The van der Waals surface area contributed by atoms with E-state index >= 15 is 0 Å². The monoisotopic (exact) mass is 212 g/mol. The van der Waals surface area contributed by atoms with Gasteiger partial charge in [0.1, 0.15) is 0 Å². The summed E-state index contributed by atoms with van der Waals surface area (Å²) in [6.45, 7) is 11.2. The van der Waals surface area contributed by atoms with Crippen molar-refractivity contribution < 1.29 is 4.79 Å². The van der Waals surface area contributed by atoms with E-state index in [1.54, 1.807) is 0 Å². The van der Waals surface area contributed by atoms with Gasteiger partial charge in [-0.2, -0.15) is 0 Å². The lowest BCUT2D eigenvalue weighted by Crippen LogP contribution is -2.45. The molecule has 3 heteroatoms. The predicted molar refractivity (Wildman–Crippen MR) is 62.7 cm³/mol. The first-order valence-corrected chi connectivity index (χ1v) is 5.99. The molecule has 1 heterocycles. The Kier molecular flexibility index (Phi) is 4.58. The van der Waals surface area contributed by atoms with Gasteiger partial charge in [0.15, 0.2) is 0 Å². The summed E-state index contributed by atoms with van der Waals surface area (Å²) in [7, 11) is 0. The van der Waals surface area contributed by atoms with E-state index in [-0.39, 0.29) is 11.9 Å². The zero-order valence-corrected chi connectivity index (χ0v) is 10.4. The highest BCUT2D eigenvalue weighted by Crippen LogP contribution is 2.20. The van der Waals surface area contributed by atoms with E-state index in [9.17, 15) is 4.79 Å². The number of hydrogen-bond acceptors (Lipinski definition) is 2. The molecule has 1 N–H and O–H groups in total. The zero-order valence-electron chi connectivity index (χ0n) is 10.4. The molecule has 1 fully saturated rings. The third kappa shape index (κ3) is 4.65. The van der Waals surface area contributed by atoms with Crippen molar-refractivity contribution >= 4 is 5.91 Å². The van der Waals surface area contributed by atoms with Gasteiger partial charge in [0, 0.05) is 19.1 Å². The zero-order chi connectivity index (χ0) is 11.4. The lowest BCUT2D eigenvalue weighted by molar-refractivity contribution is -0.123. The number of hydrogen-bond donors (Lipinski definition) is 1. The first-order chi connectivity index (χ1) is 6.97. The first-order valence-electron chi connectivity index (χ1n) is 5.99. The average Bonchev–Trinajstić information content (AvgIpc) is 1.98. The molecular formula is C12H24N2O. The molecule has 0 aromatic heterocycles. The first kappa shape index (κ1) is 12.5. The molecule has 0 bridgehead atoms. The fourth-order valence-corrected chi connectivity index (χ4v) is 2.49. The van der Waals surface area contributed by atoms with Crippen molar-refractivity contribution in [3.8, 4) is 0 Å². The Balaban J connectivity index is 2.34. The van der Waals surface area contributed by atoms with Gasteiger partial charge >= 0.3 is 0 Å². The van der Waals surface area contributed by atoms with Crippen LogP contribution in [0.25, 0.3) is 0 Å². The van der Waals surface area contributed by atoms with E-state index in [0.717, 1.165) is 24.9 Å². The average molecular weight is 212 g/mol. The summed E-state index contributed by atoms with van der Waals surface area (Å²) in [5, 5.41) is 2.94. The number of carbonyl (C=O) groups excluding carboxylic acids is 1. The quantitative estimate of drug-likeness (QED) is 0.768. The van der Waals surface area contributed by atoms with Crippen LogP contribution in [-0.4, -0.2) is 36.5 Å². The molecule has 0 saturated carbocycles. The normalized spacial score (nSPS) is 28.1. The Hall–Kier alpha value is -0.570. The molecule has 3 nitrogen and oxygen atoms in total. The minimum Gasteiger partial charge on any atom is -0.353 e. The third-order valence-electron chi connectivity index (χ3n) is 2.76. The summed E-state index contributed by atoms with van der Waals surface area (Å²) in [4.78, 5) is 13.9. The van der Waals surface area contributed by atoms with Gasteiger partial charge in [0.05, 0.1) is 6.54 Å². The van der Waals surface area contributed by atoms with Crippen LogP contribution in [0.4, 0.5) is 0 Å². The predicted octanol–water partition coefficient (Wildman–Crippen LogP) is 1.49. The van der Waals surface area contributed by atoms with Crippen molar-refractivity contribution in [1.29, 1.82) is 0 Å². The van der Waals surface area contributed by atoms with Crippen molar-refractivity contribution in [2.45, 2.75) is 40.2 Å². The van der Waals surface area contributed by atoms with Crippen molar-refractivity contribution in [3.05, 3.63) is 0 Å². The number of nitrogens with one attached hydrogen (secondary N) is 1. The van der Waals surface area contributed by atoms with Crippen molar-refractivity contribution in [2.75, 3.05) is 19.6 Å². The summed E-state index contributed by atoms with van der Waals surface area (Å²) in [6, 6.07) is 0.247. The molecule has 1 aliphatic heterocycles. The van der Waals surface area contributed by atoms with E-state index in [2.05, 4.69) is 24.1 Å². The van der Waals surface area contributed by atoms with Crippen LogP contribution in [0.15, 0.2) is 0 Å². The Bertz CT molecular complexity index is 206. The van der Waals surface area contributed by atoms with Crippen LogP contribution < -0.4 is 5.32 Å². The highest BCUT2D eigenvalue weighted by molar-refractivity contribution is 5.78. The molecule has 2 unspecified atom stereocenters. The molecule has 1 rings (SSSR count). The number of carbonyl (C=O) groups is 1. The SMILES string of the molecule is CC1CC(C)CN(CC(=O)NC(C)C)C1. The number of nitrogens with zero attached hydrogens (tertiary/aromatic N) is 1. The molecule has 15 heavy (non-hydrogen) atoms. The Morgan fingerprint density at radius 3 is 2.33 bits per heavy atom.